The van der Waals surface area contributed by atoms with Gasteiger partial charge in [-0.25, -0.2) is 0 Å². The van der Waals surface area contributed by atoms with Gasteiger partial charge >= 0.3 is 0 Å². The molecule has 1 unspecified atom stereocenters. The maximum atomic E-state index is 9.51. The monoisotopic (exact) mass is 749 g/mol. The number of hydrogen-bond donors (Lipinski definition) is 0. The number of allylic oxidation sites excluding steroid dienone is 7. The number of para-hydroxylation sites is 2. The van der Waals surface area contributed by atoms with E-state index in [1.807, 2.05) is 57.2 Å². The molecule has 3 nitrogen and oxygen atoms in total. The summed E-state index contributed by atoms with van der Waals surface area (Å²) < 4.78 is 5.06. The molecule has 8 aromatic rings. The third kappa shape index (κ3) is 6.53. The molecule has 0 fully saturated rings. The maximum absolute atomic E-state index is 9.51. The molecule has 2 aliphatic carbocycles. The van der Waals surface area contributed by atoms with Crippen LogP contribution in [0.15, 0.2) is 183 Å². The van der Waals surface area contributed by atoms with Crippen LogP contribution in [0.3, 0.4) is 0 Å². The topological polar surface area (TPSA) is 33.6 Å². The van der Waals surface area contributed by atoms with Crippen LogP contribution in [0.4, 0.5) is 0 Å². The zero-order valence-corrected chi connectivity index (χ0v) is 33.7. The molecular formula is C55H47N3. The second-order valence-electron chi connectivity index (χ2n) is 15.0. The molecular weight excluding hydrogens is 703 g/mol. The van der Waals surface area contributed by atoms with Gasteiger partial charge in [-0.15, -0.1) is 0 Å². The molecule has 0 radical (unpaired) electrons. The SMILES string of the molecule is C=C(C)/C=C\C.C=C/C=C\C.CC1C=Cc2c(n(-c3ccc(-c4ccc(C#N)cc4)c4c3-c3cccc5cccc-4c35)c3c4ccccc4n(-c4ccccc4)c23)C1. The van der Waals surface area contributed by atoms with Crippen LogP contribution in [-0.2, 0) is 6.42 Å². The van der Waals surface area contributed by atoms with Crippen molar-refractivity contribution in [3.05, 3.63) is 199 Å². The first-order valence-corrected chi connectivity index (χ1v) is 20.0. The Morgan fingerprint density at radius 1 is 0.741 bits per heavy atom. The lowest BCUT2D eigenvalue weighted by Gasteiger charge is -2.21. The van der Waals surface area contributed by atoms with Crippen LogP contribution < -0.4 is 0 Å². The fourth-order valence-corrected chi connectivity index (χ4v) is 8.68. The van der Waals surface area contributed by atoms with E-state index >= 15 is 0 Å². The first-order valence-electron chi connectivity index (χ1n) is 20.0. The van der Waals surface area contributed by atoms with Crippen molar-refractivity contribution in [3.8, 4) is 50.8 Å². The van der Waals surface area contributed by atoms with Gasteiger partial charge in [0.25, 0.3) is 0 Å². The van der Waals surface area contributed by atoms with Gasteiger partial charge in [-0.2, -0.15) is 5.26 Å². The van der Waals surface area contributed by atoms with Crippen molar-refractivity contribution in [2.45, 2.75) is 34.1 Å². The molecule has 3 heteroatoms. The molecule has 1 atom stereocenters. The van der Waals surface area contributed by atoms with E-state index in [1.54, 1.807) is 6.08 Å². The second-order valence-corrected chi connectivity index (χ2v) is 15.0. The fourth-order valence-electron chi connectivity index (χ4n) is 8.68. The zero-order chi connectivity index (χ0) is 40.3. The highest BCUT2D eigenvalue weighted by atomic mass is 15.1. The summed E-state index contributed by atoms with van der Waals surface area (Å²) in [5, 5.41) is 13.3. The van der Waals surface area contributed by atoms with Crippen molar-refractivity contribution in [1.82, 2.24) is 9.13 Å². The normalized spacial score (nSPS) is 13.5. The predicted octanol–water partition coefficient (Wildman–Crippen LogP) is 15.0. The Labute approximate surface area is 342 Å². The Morgan fingerprint density at radius 3 is 2.09 bits per heavy atom. The fraction of sp³-hybridized carbons (Fsp3) is 0.109. The highest BCUT2D eigenvalue weighted by Gasteiger charge is 2.32. The molecule has 0 saturated heterocycles. The van der Waals surface area contributed by atoms with E-state index in [4.69, 9.17) is 0 Å². The summed E-state index contributed by atoms with van der Waals surface area (Å²) in [6.45, 7) is 15.4. The molecule has 282 valence electrons. The highest BCUT2D eigenvalue weighted by Crippen LogP contribution is 2.55. The lowest BCUT2D eigenvalue weighted by molar-refractivity contribution is 0.691. The average molecular weight is 750 g/mol. The molecule has 0 amide bonds. The largest absolute Gasteiger partial charge is 0.310 e. The molecule has 0 aliphatic heterocycles. The van der Waals surface area contributed by atoms with E-state index < -0.39 is 0 Å². The Morgan fingerprint density at radius 2 is 1.45 bits per heavy atom. The number of nitrogens with zero attached hydrogens (tertiary/aromatic N) is 3. The van der Waals surface area contributed by atoms with Gasteiger partial charge in [0, 0.05) is 33.5 Å². The van der Waals surface area contributed by atoms with Gasteiger partial charge in [0.15, 0.2) is 0 Å². The smallest absolute Gasteiger partial charge is 0.0991 e. The van der Waals surface area contributed by atoms with E-state index in [-0.39, 0.29) is 0 Å². The van der Waals surface area contributed by atoms with Gasteiger partial charge < -0.3 is 9.13 Å². The van der Waals surface area contributed by atoms with Crippen molar-refractivity contribution in [2.75, 3.05) is 0 Å². The average Bonchev–Trinajstić information content (AvgIpc) is 3.88. The first-order chi connectivity index (χ1) is 28.4. The van der Waals surface area contributed by atoms with Crippen molar-refractivity contribution >= 4 is 38.8 Å². The Bertz CT molecular complexity index is 2990. The summed E-state index contributed by atoms with van der Waals surface area (Å²) in [4.78, 5) is 0. The van der Waals surface area contributed by atoms with Gasteiger partial charge in [-0.05, 0) is 103 Å². The number of hydrogen-bond acceptors (Lipinski definition) is 1. The standard InChI is InChI=1S/C44H29N3.C6H10.C5H8/c1-27-17-22-34-39(25-27)47(44-33-13-5-6-16-37(33)46(43(34)44)31-11-3-2-4-12-31)38-24-23-32(29-20-18-28(26-45)19-21-29)41-35-14-7-9-30-10-8-15-36(40(30)35)42(38)41;1-4-5-6(2)3;1-3-5-4-2/h2-24,27H,25H2,1H3;4-5H,2H2,1,3H3;3-5H,1H2,2H3/b;2*5-4-. The lowest BCUT2D eigenvalue weighted by atomic mass is 9.91. The minimum absolute atomic E-state index is 0.434. The van der Waals surface area contributed by atoms with E-state index in [1.165, 1.54) is 83.2 Å². The van der Waals surface area contributed by atoms with Crippen LogP contribution in [0, 0.1) is 17.2 Å². The molecule has 58 heavy (non-hydrogen) atoms. The maximum Gasteiger partial charge on any atom is 0.0991 e. The summed E-state index contributed by atoms with van der Waals surface area (Å²) in [5.41, 5.74) is 17.9. The van der Waals surface area contributed by atoms with Gasteiger partial charge in [-0.1, -0.05) is 159 Å². The molecule has 10 rings (SSSR count). The van der Waals surface area contributed by atoms with Crippen LogP contribution >= 0.6 is 0 Å². The van der Waals surface area contributed by atoms with Crippen LogP contribution in [0.1, 0.15) is 44.5 Å². The van der Waals surface area contributed by atoms with Gasteiger partial charge in [0.1, 0.15) is 0 Å². The van der Waals surface area contributed by atoms with Gasteiger partial charge in [-0.3, -0.25) is 0 Å². The third-order valence-corrected chi connectivity index (χ3v) is 11.0. The van der Waals surface area contributed by atoms with Crippen molar-refractivity contribution in [3.63, 3.8) is 0 Å². The number of nitriles is 1. The summed E-state index contributed by atoms with van der Waals surface area (Å²) >= 11 is 0. The molecule has 2 aliphatic rings. The van der Waals surface area contributed by atoms with Crippen LogP contribution in [0.2, 0.25) is 0 Å². The first kappa shape index (κ1) is 37.8. The summed E-state index contributed by atoms with van der Waals surface area (Å²) in [6.07, 6.45) is 15.2. The molecule has 2 heterocycles. The predicted molar refractivity (Wildman–Crippen MR) is 249 cm³/mol. The molecule has 0 N–H and O–H groups in total. The second kappa shape index (κ2) is 16.1. The number of rotatable bonds is 5. The van der Waals surface area contributed by atoms with Crippen molar-refractivity contribution < 1.29 is 0 Å². The molecule has 6 aromatic carbocycles. The lowest BCUT2D eigenvalue weighted by Crippen LogP contribution is -2.10. The number of fused-ring (bicyclic) bond motifs is 8. The third-order valence-electron chi connectivity index (χ3n) is 11.0. The van der Waals surface area contributed by atoms with Gasteiger partial charge in [0.05, 0.1) is 33.9 Å². The van der Waals surface area contributed by atoms with Crippen LogP contribution in [0.25, 0.3) is 83.5 Å². The van der Waals surface area contributed by atoms with E-state index in [2.05, 4.69) is 163 Å². The quantitative estimate of drug-likeness (QED) is 0.161. The van der Waals surface area contributed by atoms with Crippen LogP contribution in [-0.4, -0.2) is 9.13 Å². The highest BCUT2D eigenvalue weighted by molar-refractivity contribution is 6.21. The Hall–Kier alpha value is -7.15. The summed E-state index contributed by atoms with van der Waals surface area (Å²) in [5.74, 6) is 0.434. The minimum atomic E-state index is 0.434. The summed E-state index contributed by atoms with van der Waals surface area (Å²) in [7, 11) is 0. The Kier molecular flexibility index (Phi) is 10.5. The van der Waals surface area contributed by atoms with E-state index in [9.17, 15) is 5.26 Å². The minimum Gasteiger partial charge on any atom is -0.310 e. The molecule has 0 spiro atoms. The molecule has 0 bridgehead atoms. The van der Waals surface area contributed by atoms with E-state index in [0.29, 0.717) is 11.5 Å². The van der Waals surface area contributed by atoms with Gasteiger partial charge in [0.2, 0.25) is 0 Å². The molecule has 2 aromatic heterocycles. The van der Waals surface area contributed by atoms with Crippen molar-refractivity contribution in [2.24, 2.45) is 5.92 Å². The number of benzene rings is 6. The Balaban J connectivity index is 0.000000380. The number of aromatic nitrogens is 2. The molecule has 0 saturated carbocycles. The van der Waals surface area contributed by atoms with Crippen LogP contribution in [0.5, 0.6) is 0 Å². The van der Waals surface area contributed by atoms with Crippen molar-refractivity contribution in [1.29, 1.82) is 5.26 Å². The summed E-state index contributed by atoms with van der Waals surface area (Å²) in [6, 6.07) is 48.0. The van der Waals surface area contributed by atoms with E-state index in [0.717, 1.165) is 17.6 Å². The zero-order valence-electron chi connectivity index (χ0n) is 33.7.